The first-order chi connectivity index (χ1) is 13.0. The number of carbonyl (C=O) groups is 1. The van der Waals surface area contributed by atoms with Crippen molar-refractivity contribution in [3.05, 3.63) is 70.2 Å². The van der Waals surface area contributed by atoms with Crippen molar-refractivity contribution in [3.8, 4) is 0 Å². The van der Waals surface area contributed by atoms with Crippen LogP contribution in [0.1, 0.15) is 85.8 Å². The summed E-state index contributed by atoms with van der Waals surface area (Å²) in [6.45, 7) is 13.6. The summed E-state index contributed by atoms with van der Waals surface area (Å²) < 4.78 is 5.26. The number of hydrogen-bond acceptors (Lipinski definition) is 2. The third-order valence-electron chi connectivity index (χ3n) is 6.14. The standard InChI is InChI=1S/C25H30O3/c1-16(8-7-9-22-18(23(26)27)10-13-28-22)19-15-21-20(14-17(19)2)24(3,4)11-12-25(21,5)6/h7-10,13-15H,11-12H2,1-6H3,(H,26,27)/b9-7+,16-8-. The van der Waals surface area contributed by atoms with Crippen LogP contribution >= 0.6 is 0 Å². The first-order valence-electron chi connectivity index (χ1n) is 9.85. The zero-order chi connectivity index (χ0) is 20.7. The molecule has 148 valence electrons. The highest BCUT2D eigenvalue weighted by Gasteiger charge is 2.37. The van der Waals surface area contributed by atoms with Crippen LogP contribution in [0.15, 0.2) is 41.0 Å². The molecule has 0 unspecified atom stereocenters. The second-order valence-electron chi connectivity index (χ2n) is 9.19. The van der Waals surface area contributed by atoms with E-state index in [9.17, 15) is 9.90 Å². The van der Waals surface area contributed by atoms with Crippen molar-refractivity contribution in [2.45, 2.75) is 65.2 Å². The third kappa shape index (κ3) is 3.71. The van der Waals surface area contributed by atoms with Crippen LogP contribution in [-0.2, 0) is 10.8 Å². The fraction of sp³-hybridized carbons (Fsp3) is 0.400. The quantitative estimate of drug-likeness (QED) is 0.599. The molecule has 0 aliphatic heterocycles. The maximum Gasteiger partial charge on any atom is 0.339 e. The number of fused-ring (bicyclic) bond motifs is 1. The zero-order valence-corrected chi connectivity index (χ0v) is 17.7. The van der Waals surface area contributed by atoms with Gasteiger partial charge in [-0.15, -0.1) is 0 Å². The molecule has 3 heteroatoms. The van der Waals surface area contributed by atoms with Gasteiger partial charge in [0.2, 0.25) is 0 Å². The number of carboxylic acid groups (broad SMARTS) is 1. The Morgan fingerprint density at radius 1 is 1.07 bits per heavy atom. The molecule has 0 fully saturated rings. The molecule has 1 aliphatic carbocycles. The second kappa shape index (κ2) is 7.12. The lowest BCUT2D eigenvalue weighted by atomic mass is 9.62. The monoisotopic (exact) mass is 378 g/mol. The summed E-state index contributed by atoms with van der Waals surface area (Å²) >= 11 is 0. The van der Waals surface area contributed by atoms with Crippen LogP contribution in [0.4, 0.5) is 0 Å². The van der Waals surface area contributed by atoms with Crippen molar-refractivity contribution >= 4 is 17.6 Å². The highest BCUT2D eigenvalue weighted by molar-refractivity contribution is 5.91. The van der Waals surface area contributed by atoms with E-state index < -0.39 is 5.97 Å². The Kier molecular flexibility index (Phi) is 5.14. The van der Waals surface area contributed by atoms with E-state index in [1.54, 1.807) is 6.08 Å². The first-order valence-corrected chi connectivity index (χ1v) is 9.85. The summed E-state index contributed by atoms with van der Waals surface area (Å²) in [7, 11) is 0. The minimum Gasteiger partial charge on any atom is -0.478 e. The normalized spacial score (nSPS) is 18.3. The van der Waals surface area contributed by atoms with E-state index >= 15 is 0 Å². The lowest BCUT2D eigenvalue weighted by molar-refractivity contribution is 0.0696. The fourth-order valence-corrected chi connectivity index (χ4v) is 4.14. The number of allylic oxidation sites excluding steroid dienone is 3. The van der Waals surface area contributed by atoms with Gasteiger partial charge in [-0.05, 0) is 77.5 Å². The smallest absolute Gasteiger partial charge is 0.339 e. The Morgan fingerprint density at radius 2 is 1.68 bits per heavy atom. The second-order valence-corrected chi connectivity index (χ2v) is 9.19. The Bertz CT molecular complexity index is 968. The van der Waals surface area contributed by atoms with Crippen LogP contribution in [0, 0.1) is 6.92 Å². The number of hydrogen-bond donors (Lipinski definition) is 1. The van der Waals surface area contributed by atoms with Gasteiger partial charge in [-0.1, -0.05) is 52.0 Å². The largest absolute Gasteiger partial charge is 0.478 e. The van der Waals surface area contributed by atoms with Crippen molar-refractivity contribution < 1.29 is 14.3 Å². The van der Waals surface area contributed by atoms with Crippen LogP contribution in [0.3, 0.4) is 0 Å². The summed E-state index contributed by atoms with van der Waals surface area (Å²) in [6.07, 6.45) is 9.37. The molecule has 0 radical (unpaired) electrons. The van der Waals surface area contributed by atoms with Gasteiger partial charge in [-0.3, -0.25) is 0 Å². The predicted molar refractivity (Wildman–Crippen MR) is 115 cm³/mol. The molecule has 1 heterocycles. The zero-order valence-electron chi connectivity index (χ0n) is 17.7. The van der Waals surface area contributed by atoms with E-state index in [-0.39, 0.29) is 16.4 Å². The molecular weight excluding hydrogens is 348 g/mol. The highest BCUT2D eigenvalue weighted by Crippen LogP contribution is 2.47. The molecule has 1 aromatic carbocycles. The topological polar surface area (TPSA) is 50.4 Å². The third-order valence-corrected chi connectivity index (χ3v) is 6.14. The molecule has 2 aromatic rings. The molecule has 0 saturated carbocycles. The highest BCUT2D eigenvalue weighted by atomic mass is 16.4. The van der Waals surface area contributed by atoms with Gasteiger partial charge in [0, 0.05) is 0 Å². The molecule has 0 saturated heterocycles. The number of aryl methyl sites for hydroxylation is 1. The van der Waals surface area contributed by atoms with Crippen LogP contribution in [0.2, 0.25) is 0 Å². The minimum absolute atomic E-state index is 0.175. The van der Waals surface area contributed by atoms with Gasteiger partial charge in [0.05, 0.1) is 6.26 Å². The van der Waals surface area contributed by atoms with Gasteiger partial charge in [-0.2, -0.15) is 0 Å². The van der Waals surface area contributed by atoms with Gasteiger partial charge >= 0.3 is 5.97 Å². The van der Waals surface area contributed by atoms with Crippen LogP contribution in [0.25, 0.3) is 11.6 Å². The Balaban J connectivity index is 1.97. The molecule has 3 nitrogen and oxygen atoms in total. The number of rotatable bonds is 4. The molecule has 1 aliphatic rings. The van der Waals surface area contributed by atoms with Gasteiger partial charge in [0.1, 0.15) is 11.3 Å². The predicted octanol–water partition coefficient (Wildman–Crippen LogP) is 6.75. The van der Waals surface area contributed by atoms with Gasteiger partial charge < -0.3 is 9.52 Å². The van der Waals surface area contributed by atoms with Crippen molar-refractivity contribution in [2.75, 3.05) is 0 Å². The van der Waals surface area contributed by atoms with Crippen LogP contribution < -0.4 is 0 Å². The number of aromatic carboxylic acids is 1. The average molecular weight is 379 g/mol. The maximum absolute atomic E-state index is 11.2. The van der Waals surface area contributed by atoms with E-state index in [1.165, 1.54) is 47.4 Å². The minimum atomic E-state index is -0.982. The summed E-state index contributed by atoms with van der Waals surface area (Å²) in [5, 5.41) is 9.17. The van der Waals surface area contributed by atoms with E-state index in [0.29, 0.717) is 5.76 Å². The Labute approximate surface area is 167 Å². The van der Waals surface area contributed by atoms with Crippen LogP contribution in [0.5, 0.6) is 0 Å². The van der Waals surface area contributed by atoms with E-state index in [0.717, 1.165) is 5.57 Å². The molecule has 0 spiro atoms. The van der Waals surface area contributed by atoms with Crippen molar-refractivity contribution in [1.29, 1.82) is 0 Å². The summed E-state index contributed by atoms with van der Waals surface area (Å²) in [6, 6.07) is 6.19. The maximum atomic E-state index is 11.2. The Morgan fingerprint density at radius 3 is 2.29 bits per heavy atom. The molecule has 1 N–H and O–H groups in total. The summed E-state index contributed by atoms with van der Waals surface area (Å²) in [5.41, 5.74) is 7.14. The molecule has 0 atom stereocenters. The van der Waals surface area contributed by atoms with Crippen molar-refractivity contribution in [2.24, 2.45) is 0 Å². The molecule has 28 heavy (non-hydrogen) atoms. The van der Waals surface area contributed by atoms with E-state index in [4.69, 9.17) is 4.42 Å². The van der Waals surface area contributed by atoms with Crippen molar-refractivity contribution in [1.82, 2.24) is 0 Å². The number of carboxylic acids is 1. The lowest BCUT2D eigenvalue weighted by Gasteiger charge is -2.42. The molecule has 1 aromatic heterocycles. The SMILES string of the molecule is C/C(=C/C=C/c1occc1C(=O)O)c1cc2c(cc1C)C(C)(C)CCC2(C)C. The molecule has 3 rings (SSSR count). The first kappa shape index (κ1) is 20.2. The molecular formula is C25H30O3. The summed E-state index contributed by atoms with van der Waals surface area (Å²) in [5.74, 6) is -0.619. The number of benzene rings is 1. The number of furan rings is 1. The summed E-state index contributed by atoms with van der Waals surface area (Å²) in [4.78, 5) is 11.2. The van der Waals surface area contributed by atoms with Gasteiger partial charge in [-0.25, -0.2) is 4.79 Å². The van der Waals surface area contributed by atoms with E-state index in [2.05, 4.69) is 53.7 Å². The van der Waals surface area contributed by atoms with Crippen molar-refractivity contribution in [3.63, 3.8) is 0 Å². The van der Waals surface area contributed by atoms with Gasteiger partial charge in [0.15, 0.2) is 0 Å². The average Bonchev–Trinajstić information content (AvgIpc) is 3.07. The molecule has 0 amide bonds. The van der Waals surface area contributed by atoms with Gasteiger partial charge in [0.25, 0.3) is 0 Å². The van der Waals surface area contributed by atoms with E-state index in [1.807, 2.05) is 12.2 Å². The lowest BCUT2D eigenvalue weighted by Crippen LogP contribution is -2.34. The van der Waals surface area contributed by atoms with Crippen LogP contribution in [-0.4, -0.2) is 11.1 Å². The molecule has 0 bridgehead atoms. The Hall–Kier alpha value is -2.55. The fourth-order valence-electron chi connectivity index (χ4n) is 4.14.